The van der Waals surface area contributed by atoms with Crippen molar-refractivity contribution in [2.45, 2.75) is 52.9 Å². The van der Waals surface area contributed by atoms with Crippen LogP contribution < -0.4 is 5.32 Å². The third kappa shape index (κ3) is 1.71. The van der Waals surface area contributed by atoms with Gasteiger partial charge >= 0.3 is 0 Å². The number of hydrogen-bond donors (Lipinski definition) is 1. The lowest BCUT2D eigenvalue weighted by atomic mass is 9.55. The summed E-state index contributed by atoms with van der Waals surface area (Å²) >= 11 is 0. The van der Waals surface area contributed by atoms with Crippen LogP contribution in [0, 0.1) is 16.7 Å². The molecule has 82 valence electrons. The molecular weight excluding hydrogens is 170 g/mol. The van der Waals surface area contributed by atoms with Crippen molar-refractivity contribution in [3.63, 3.8) is 0 Å². The summed E-state index contributed by atoms with van der Waals surface area (Å²) in [6, 6.07) is 0. The lowest BCUT2D eigenvalue weighted by Gasteiger charge is -2.49. The molecule has 2 unspecified atom stereocenters. The van der Waals surface area contributed by atoms with E-state index in [-0.39, 0.29) is 0 Å². The SMILES string of the molecule is CCC(C)(C)CC1CCC12CCNC2. The molecule has 1 aliphatic heterocycles. The van der Waals surface area contributed by atoms with Gasteiger partial charge in [-0.1, -0.05) is 27.2 Å². The van der Waals surface area contributed by atoms with Crippen LogP contribution in [0.1, 0.15) is 52.9 Å². The Labute approximate surface area is 88.7 Å². The van der Waals surface area contributed by atoms with Crippen molar-refractivity contribution in [1.29, 1.82) is 0 Å². The second kappa shape index (κ2) is 3.52. The van der Waals surface area contributed by atoms with Crippen LogP contribution in [0.25, 0.3) is 0 Å². The fraction of sp³-hybridized carbons (Fsp3) is 1.00. The van der Waals surface area contributed by atoms with Gasteiger partial charge in [0.05, 0.1) is 0 Å². The van der Waals surface area contributed by atoms with Crippen LogP contribution >= 0.6 is 0 Å². The predicted molar refractivity (Wildman–Crippen MR) is 61.3 cm³/mol. The van der Waals surface area contributed by atoms with Crippen molar-refractivity contribution >= 4 is 0 Å². The summed E-state index contributed by atoms with van der Waals surface area (Å²) in [7, 11) is 0. The van der Waals surface area contributed by atoms with Gasteiger partial charge in [-0.2, -0.15) is 0 Å². The van der Waals surface area contributed by atoms with Crippen molar-refractivity contribution in [3.8, 4) is 0 Å². The van der Waals surface area contributed by atoms with Crippen LogP contribution in [0.15, 0.2) is 0 Å². The zero-order valence-electron chi connectivity index (χ0n) is 10.0. The molecule has 2 aliphatic rings. The molecule has 0 radical (unpaired) electrons. The summed E-state index contributed by atoms with van der Waals surface area (Å²) in [4.78, 5) is 0. The Morgan fingerprint density at radius 3 is 2.57 bits per heavy atom. The molecule has 14 heavy (non-hydrogen) atoms. The highest BCUT2D eigenvalue weighted by atomic mass is 14.9. The van der Waals surface area contributed by atoms with Gasteiger partial charge < -0.3 is 5.32 Å². The van der Waals surface area contributed by atoms with Crippen molar-refractivity contribution in [3.05, 3.63) is 0 Å². The molecule has 1 saturated heterocycles. The van der Waals surface area contributed by atoms with E-state index in [9.17, 15) is 0 Å². The van der Waals surface area contributed by atoms with Gasteiger partial charge in [0.15, 0.2) is 0 Å². The predicted octanol–water partition coefficient (Wildman–Crippen LogP) is 3.20. The number of rotatable bonds is 3. The first-order valence-corrected chi connectivity index (χ1v) is 6.29. The van der Waals surface area contributed by atoms with Crippen molar-refractivity contribution < 1.29 is 0 Å². The lowest BCUT2D eigenvalue weighted by Crippen LogP contribution is -2.43. The fourth-order valence-corrected chi connectivity index (χ4v) is 3.21. The summed E-state index contributed by atoms with van der Waals surface area (Å²) in [6.45, 7) is 9.77. The average Bonchev–Trinajstić information content (AvgIpc) is 2.64. The molecule has 0 bridgehead atoms. The summed E-state index contributed by atoms with van der Waals surface area (Å²) in [5.41, 5.74) is 1.30. The van der Waals surface area contributed by atoms with E-state index < -0.39 is 0 Å². The lowest BCUT2D eigenvalue weighted by molar-refractivity contribution is 0.0149. The highest BCUT2D eigenvalue weighted by Crippen LogP contribution is 2.55. The second-order valence-electron chi connectivity index (χ2n) is 6.25. The maximum atomic E-state index is 3.55. The maximum Gasteiger partial charge on any atom is 0.00109 e. The molecule has 2 fully saturated rings. The minimum Gasteiger partial charge on any atom is -0.316 e. The molecule has 2 atom stereocenters. The Hall–Kier alpha value is -0.0400. The van der Waals surface area contributed by atoms with Gasteiger partial charge in [-0.05, 0) is 49.0 Å². The quantitative estimate of drug-likeness (QED) is 0.729. The van der Waals surface area contributed by atoms with Crippen LogP contribution in [0.3, 0.4) is 0 Å². The van der Waals surface area contributed by atoms with E-state index in [1.807, 2.05) is 0 Å². The largest absolute Gasteiger partial charge is 0.316 e. The average molecular weight is 195 g/mol. The van der Waals surface area contributed by atoms with Crippen LogP contribution in [0.4, 0.5) is 0 Å². The summed E-state index contributed by atoms with van der Waals surface area (Å²) in [6.07, 6.45) is 7.20. The summed E-state index contributed by atoms with van der Waals surface area (Å²) < 4.78 is 0. The zero-order valence-corrected chi connectivity index (χ0v) is 10.0. The van der Waals surface area contributed by atoms with E-state index in [1.165, 1.54) is 45.2 Å². The van der Waals surface area contributed by atoms with Gasteiger partial charge in [-0.3, -0.25) is 0 Å². The van der Waals surface area contributed by atoms with Gasteiger partial charge in [0.1, 0.15) is 0 Å². The Kier molecular flexibility index (Phi) is 2.63. The minimum atomic E-state index is 0.570. The monoisotopic (exact) mass is 195 g/mol. The Morgan fingerprint density at radius 2 is 2.14 bits per heavy atom. The van der Waals surface area contributed by atoms with Crippen molar-refractivity contribution in [1.82, 2.24) is 5.32 Å². The van der Waals surface area contributed by atoms with Gasteiger partial charge in [0, 0.05) is 6.54 Å². The van der Waals surface area contributed by atoms with Crippen LogP contribution in [-0.4, -0.2) is 13.1 Å². The molecule has 1 heterocycles. The molecule has 0 aromatic carbocycles. The van der Waals surface area contributed by atoms with E-state index in [2.05, 4.69) is 26.1 Å². The van der Waals surface area contributed by atoms with Crippen molar-refractivity contribution in [2.75, 3.05) is 13.1 Å². The number of hydrogen-bond acceptors (Lipinski definition) is 1. The molecule has 1 aliphatic carbocycles. The molecule has 2 rings (SSSR count). The molecule has 1 N–H and O–H groups in total. The van der Waals surface area contributed by atoms with Crippen LogP contribution in [-0.2, 0) is 0 Å². The van der Waals surface area contributed by atoms with E-state index in [0.717, 1.165) is 11.3 Å². The Morgan fingerprint density at radius 1 is 1.36 bits per heavy atom. The minimum absolute atomic E-state index is 0.570. The van der Waals surface area contributed by atoms with E-state index in [0.29, 0.717) is 5.41 Å². The fourth-order valence-electron chi connectivity index (χ4n) is 3.21. The molecule has 1 spiro atoms. The first-order valence-electron chi connectivity index (χ1n) is 6.29. The highest BCUT2D eigenvalue weighted by molar-refractivity contribution is 5.01. The van der Waals surface area contributed by atoms with Gasteiger partial charge in [0.25, 0.3) is 0 Å². The molecule has 0 amide bonds. The maximum absolute atomic E-state index is 3.55. The number of nitrogens with one attached hydrogen (secondary N) is 1. The molecule has 1 heteroatoms. The standard InChI is InChI=1S/C13H25N/c1-4-12(2,3)9-11-5-6-13(11)7-8-14-10-13/h11,14H,4-10H2,1-3H3. The van der Waals surface area contributed by atoms with Crippen LogP contribution in [0.2, 0.25) is 0 Å². The Balaban J connectivity index is 1.93. The first-order chi connectivity index (χ1) is 6.58. The molecule has 1 nitrogen and oxygen atoms in total. The third-order valence-corrected chi connectivity index (χ3v) is 4.89. The Bertz CT molecular complexity index is 201. The first kappa shape index (κ1) is 10.5. The van der Waals surface area contributed by atoms with Crippen LogP contribution in [0.5, 0.6) is 0 Å². The molecule has 0 aromatic rings. The van der Waals surface area contributed by atoms with E-state index >= 15 is 0 Å². The normalized spacial score (nSPS) is 37.5. The zero-order chi connectivity index (χ0) is 10.2. The van der Waals surface area contributed by atoms with Gasteiger partial charge in [-0.15, -0.1) is 0 Å². The summed E-state index contributed by atoms with van der Waals surface area (Å²) in [5.74, 6) is 1.02. The third-order valence-electron chi connectivity index (χ3n) is 4.89. The van der Waals surface area contributed by atoms with Crippen molar-refractivity contribution in [2.24, 2.45) is 16.7 Å². The van der Waals surface area contributed by atoms with Gasteiger partial charge in [0.2, 0.25) is 0 Å². The second-order valence-corrected chi connectivity index (χ2v) is 6.25. The molecular formula is C13H25N. The molecule has 0 aromatic heterocycles. The highest BCUT2D eigenvalue weighted by Gasteiger charge is 2.49. The van der Waals surface area contributed by atoms with E-state index in [1.54, 1.807) is 0 Å². The van der Waals surface area contributed by atoms with Gasteiger partial charge in [-0.25, -0.2) is 0 Å². The van der Waals surface area contributed by atoms with E-state index in [4.69, 9.17) is 0 Å². The molecule has 1 saturated carbocycles. The summed E-state index contributed by atoms with van der Waals surface area (Å²) in [5, 5.41) is 3.55. The topological polar surface area (TPSA) is 12.0 Å². The smallest absolute Gasteiger partial charge is 0.00109 e.